The van der Waals surface area contributed by atoms with Crippen molar-refractivity contribution in [3.05, 3.63) is 0 Å². The highest BCUT2D eigenvalue weighted by Crippen LogP contribution is 2.10. The fraction of sp³-hybridized carbons (Fsp3) is 1.00. The van der Waals surface area contributed by atoms with Gasteiger partial charge in [-0.05, 0) is 47.5 Å². The Morgan fingerprint density at radius 2 is 1.30 bits per heavy atom. The van der Waals surface area contributed by atoms with Crippen molar-refractivity contribution in [3.63, 3.8) is 0 Å². The third kappa shape index (κ3) is 20.2. The topological polar surface area (TPSA) is 58.9 Å². The Kier molecular flexibility index (Phi) is 11.7. The van der Waals surface area contributed by atoms with Gasteiger partial charge in [-0.3, -0.25) is 0 Å². The summed E-state index contributed by atoms with van der Waals surface area (Å²) in [6.07, 6.45) is 0.454. The molecule has 0 aromatic carbocycles. The maximum absolute atomic E-state index is 8.85. The van der Waals surface area contributed by atoms with Gasteiger partial charge in [-0.15, -0.1) is 0 Å². The molecule has 0 fully saturated rings. The van der Waals surface area contributed by atoms with E-state index in [-0.39, 0.29) is 24.4 Å². The van der Waals surface area contributed by atoms with Gasteiger partial charge < -0.3 is 19.7 Å². The van der Waals surface area contributed by atoms with Gasteiger partial charge in [0.1, 0.15) is 6.10 Å². The standard InChI is InChI=1S/C9H20O.C7H16O3/c1-6-8(2)7-10-9(3,4)5;1-7(2,3)10-5-6(9)4-8/h8H,6-7H2,1-5H3;6,8-9H,4-5H2,1-3H3. The highest BCUT2D eigenvalue weighted by molar-refractivity contribution is 4.61. The summed E-state index contributed by atoms with van der Waals surface area (Å²) in [7, 11) is 0. The van der Waals surface area contributed by atoms with Crippen LogP contribution in [0.5, 0.6) is 0 Å². The molecule has 4 heteroatoms. The van der Waals surface area contributed by atoms with E-state index in [0.717, 1.165) is 6.61 Å². The minimum absolute atomic E-state index is 0.0312. The zero-order valence-corrected chi connectivity index (χ0v) is 14.7. The molecule has 0 aliphatic heterocycles. The second kappa shape index (κ2) is 10.6. The summed E-state index contributed by atoms with van der Waals surface area (Å²) in [6.45, 7) is 17.2. The van der Waals surface area contributed by atoms with Crippen molar-refractivity contribution >= 4 is 0 Å². The van der Waals surface area contributed by atoms with Crippen LogP contribution in [0.1, 0.15) is 61.8 Å². The van der Waals surface area contributed by atoms with Crippen LogP contribution < -0.4 is 0 Å². The van der Waals surface area contributed by atoms with Crippen LogP contribution in [0.15, 0.2) is 0 Å². The predicted molar refractivity (Wildman–Crippen MR) is 84.0 cm³/mol. The van der Waals surface area contributed by atoms with Gasteiger partial charge in [0.2, 0.25) is 0 Å². The van der Waals surface area contributed by atoms with Crippen molar-refractivity contribution < 1.29 is 19.7 Å². The van der Waals surface area contributed by atoms with Crippen LogP contribution in [-0.2, 0) is 9.47 Å². The highest BCUT2D eigenvalue weighted by atomic mass is 16.5. The molecule has 4 nitrogen and oxygen atoms in total. The van der Waals surface area contributed by atoms with E-state index in [9.17, 15) is 0 Å². The van der Waals surface area contributed by atoms with E-state index >= 15 is 0 Å². The summed E-state index contributed by atoms with van der Waals surface area (Å²) >= 11 is 0. The molecule has 2 unspecified atom stereocenters. The molecule has 20 heavy (non-hydrogen) atoms. The van der Waals surface area contributed by atoms with Crippen molar-refractivity contribution in [2.45, 2.75) is 79.1 Å². The van der Waals surface area contributed by atoms with Gasteiger partial charge in [-0.25, -0.2) is 0 Å². The number of rotatable bonds is 6. The first-order valence-electron chi connectivity index (χ1n) is 7.48. The number of ether oxygens (including phenoxy) is 2. The van der Waals surface area contributed by atoms with Crippen LogP contribution in [0.2, 0.25) is 0 Å². The molecule has 0 aromatic rings. The van der Waals surface area contributed by atoms with Gasteiger partial charge in [-0.1, -0.05) is 20.3 Å². The first-order chi connectivity index (χ1) is 8.91. The van der Waals surface area contributed by atoms with Crippen molar-refractivity contribution in [2.75, 3.05) is 19.8 Å². The molecule has 0 rings (SSSR count). The molecule has 124 valence electrons. The molecule has 0 radical (unpaired) electrons. The lowest BCUT2D eigenvalue weighted by Gasteiger charge is -2.21. The molecule has 0 aliphatic rings. The van der Waals surface area contributed by atoms with Gasteiger partial charge in [0.15, 0.2) is 0 Å². The van der Waals surface area contributed by atoms with Gasteiger partial charge in [0.25, 0.3) is 0 Å². The zero-order valence-electron chi connectivity index (χ0n) is 14.7. The molecule has 0 bridgehead atoms. The quantitative estimate of drug-likeness (QED) is 0.790. The first-order valence-corrected chi connectivity index (χ1v) is 7.48. The zero-order chi connectivity index (χ0) is 16.4. The third-order valence-corrected chi connectivity index (χ3v) is 2.42. The highest BCUT2D eigenvalue weighted by Gasteiger charge is 2.12. The fourth-order valence-corrected chi connectivity index (χ4v) is 0.909. The van der Waals surface area contributed by atoms with Crippen molar-refractivity contribution in [1.29, 1.82) is 0 Å². The molecular formula is C16H36O4. The van der Waals surface area contributed by atoms with Gasteiger partial charge >= 0.3 is 0 Å². The molecule has 2 N–H and O–H groups in total. The Bertz CT molecular complexity index is 191. The Labute approximate surface area is 125 Å². The van der Waals surface area contributed by atoms with E-state index < -0.39 is 6.10 Å². The van der Waals surface area contributed by atoms with Gasteiger partial charge in [0.05, 0.1) is 24.4 Å². The maximum Gasteiger partial charge on any atom is 0.100 e. The predicted octanol–water partition coefficient (Wildman–Crippen LogP) is 3.00. The van der Waals surface area contributed by atoms with Gasteiger partial charge in [-0.2, -0.15) is 0 Å². The van der Waals surface area contributed by atoms with Crippen molar-refractivity contribution in [2.24, 2.45) is 5.92 Å². The first kappa shape index (κ1) is 22.1. The number of hydrogen-bond donors (Lipinski definition) is 2. The summed E-state index contributed by atoms with van der Waals surface area (Å²) in [5, 5.41) is 17.2. The summed E-state index contributed by atoms with van der Waals surface area (Å²) < 4.78 is 10.8. The molecule has 0 aliphatic carbocycles. The molecule has 0 heterocycles. The smallest absolute Gasteiger partial charge is 0.100 e. The minimum atomic E-state index is -0.751. The van der Waals surface area contributed by atoms with Crippen LogP contribution >= 0.6 is 0 Å². The fourth-order valence-electron chi connectivity index (χ4n) is 0.909. The van der Waals surface area contributed by atoms with E-state index in [1.54, 1.807) is 0 Å². The second-order valence-electron chi connectivity index (χ2n) is 7.20. The molecule has 0 spiro atoms. The Balaban J connectivity index is 0. The number of aliphatic hydroxyl groups excluding tert-OH is 2. The van der Waals surface area contributed by atoms with E-state index in [1.807, 2.05) is 20.8 Å². The molecule has 0 saturated carbocycles. The molecule has 0 amide bonds. The van der Waals surface area contributed by atoms with Crippen LogP contribution in [0.4, 0.5) is 0 Å². The Hall–Kier alpha value is -0.160. The van der Waals surface area contributed by atoms with Crippen LogP contribution in [0.25, 0.3) is 0 Å². The third-order valence-electron chi connectivity index (χ3n) is 2.42. The lowest BCUT2D eigenvalue weighted by atomic mass is 10.1. The van der Waals surface area contributed by atoms with E-state index in [0.29, 0.717) is 5.92 Å². The van der Waals surface area contributed by atoms with E-state index in [4.69, 9.17) is 19.7 Å². The van der Waals surface area contributed by atoms with E-state index in [1.165, 1.54) is 6.42 Å². The summed E-state index contributed by atoms with van der Waals surface area (Å²) in [5.74, 6) is 0.694. The normalized spacial score (nSPS) is 15.3. The average molecular weight is 292 g/mol. The molecular weight excluding hydrogens is 256 g/mol. The summed E-state index contributed by atoms with van der Waals surface area (Å²) in [6, 6.07) is 0. The number of aliphatic hydroxyl groups is 2. The Morgan fingerprint density at radius 1 is 0.900 bits per heavy atom. The second-order valence-corrected chi connectivity index (χ2v) is 7.20. The largest absolute Gasteiger partial charge is 0.394 e. The van der Waals surface area contributed by atoms with Crippen LogP contribution in [0.3, 0.4) is 0 Å². The van der Waals surface area contributed by atoms with E-state index in [2.05, 4.69) is 34.6 Å². The lowest BCUT2D eigenvalue weighted by Crippen LogP contribution is -2.27. The minimum Gasteiger partial charge on any atom is -0.394 e. The van der Waals surface area contributed by atoms with Crippen molar-refractivity contribution in [3.8, 4) is 0 Å². The average Bonchev–Trinajstić information content (AvgIpc) is 2.31. The summed E-state index contributed by atoms with van der Waals surface area (Å²) in [5.41, 5.74) is -0.209. The SMILES string of the molecule is CC(C)(C)OCC(O)CO.CCC(C)COC(C)(C)C. The van der Waals surface area contributed by atoms with Crippen molar-refractivity contribution in [1.82, 2.24) is 0 Å². The molecule has 2 atom stereocenters. The van der Waals surface area contributed by atoms with Crippen LogP contribution in [-0.4, -0.2) is 47.3 Å². The summed E-state index contributed by atoms with van der Waals surface area (Å²) in [4.78, 5) is 0. The monoisotopic (exact) mass is 292 g/mol. The maximum atomic E-state index is 8.85. The van der Waals surface area contributed by atoms with Gasteiger partial charge in [0, 0.05) is 6.61 Å². The number of hydrogen-bond acceptors (Lipinski definition) is 4. The molecule has 0 aromatic heterocycles. The lowest BCUT2D eigenvalue weighted by molar-refractivity contribution is -0.0613. The Morgan fingerprint density at radius 3 is 1.60 bits per heavy atom. The van der Waals surface area contributed by atoms with Crippen LogP contribution in [0, 0.1) is 5.92 Å². The molecule has 0 saturated heterocycles.